The maximum Gasteiger partial charge on any atom is 0.328 e. The lowest BCUT2D eigenvalue weighted by Gasteiger charge is -2.13. The molecule has 1 aromatic rings. The number of aromatic nitrogens is 2. The minimum atomic E-state index is -0.804. The summed E-state index contributed by atoms with van der Waals surface area (Å²) in [6, 6.07) is -0.804. The van der Waals surface area contributed by atoms with E-state index < -0.39 is 17.8 Å². The molecule has 0 spiro atoms. The van der Waals surface area contributed by atoms with Crippen LogP contribution >= 0.6 is 0 Å². The Hall–Kier alpha value is -2.44. The van der Waals surface area contributed by atoms with E-state index in [1.807, 2.05) is 17.6 Å². The van der Waals surface area contributed by atoms with Crippen LogP contribution in [-0.4, -0.2) is 27.6 Å². The van der Waals surface area contributed by atoms with Crippen LogP contribution in [-0.2, 0) is 16.1 Å². The van der Waals surface area contributed by atoms with E-state index in [4.69, 9.17) is 0 Å². The molecule has 0 aromatic carbocycles. The molecular weight excluding hydrogens is 224 g/mol. The molecule has 1 saturated heterocycles. The molecule has 1 aliphatic rings. The highest BCUT2D eigenvalue weighted by Gasteiger charge is 2.27. The second-order valence-corrected chi connectivity index (χ2v) is 3.42. The van der Waals surface area contributed by atoms with Crippen LogP contribution in [0.3, 0.4) is 0 Å². The van der Waals surface area contributed by atoms with Gasteiger partial charge in [0.1, 0.15) is 5.57 Å². The summed E-state index contributed by atoms with van der Waals surface area (Å²) >= 11 is 0. The Kier molecular flexibility index (Phi) is 2.73. The van der Waals surface area contributed by atoms with Gasteiger partial charge in [0.2, 0.25) is 0 Å². The van der Waals surface area contributed by atoms with Crippen LogP contribution in [0.1, 0.15) is 12.5 Å². The van der Waals surface area contributed by atoms with E-state index in [1.54, 1.807) is 10.9 Å². The maximum absolute atomic E-state index is 11.4. The number of hydrogen-bond donors (Lipinski definition) is 2. The quantitative estimate of drug-likeness (QED) is 0.540. The summed E-state index contributed by atoms with van der Waals surface area (Å²) in [6.45, 7) is 2.61. The summed E-state index contributed by atoms with van der Waals surface area (Å²) in [7, 11) is 0. The van der Waals surface area contributed by atoms with E-state index in [0.29, 0.717) is 12.1 Å². The van der Waals surface area contributed by atoms with Crippen molar-refractivity contribution in [3.05, 3.63) is 23.5 Å². The largest absolute Gasteiger partial charge is 0.328 e. The van der Waals surface area contributed by atoms with Crippen LogP contribution < -0.4 is 10.6 Å². The second kappa shape index (κ2) is 4.20. The molecule has 7 heteroatoms. The Labute approximate surface area is 96.5 Å². The number of imide groups is 2. The summed E-state index contributed by atoms with van der Waals surface area (Å²) < 4.78 is 1.66. The van der Waals surface area contributed by atoms with Gasteiger partial charge < -0.3 is 0 Å². The van der Waals surface area contributed by atoms with Crippen LogP contribution in [0, 0.1) is 0 Å². The molecule has 2 heterocycles. The first-order chi connectivity index (χ1) is 8.10. The molecule has 88 valence electrons. The lowest BCUT2D eigenvalue weighted by Crippen LogP contribution is -2.51. The van der Waals surface area contributed by atoms with Gasteiger partial charge in [-0.25, -0.2) is 4.79 Å². The normalized spacial score (nSPS) is 15.6. The SMILES string of the molecule is CCn1cc(C=C2C(=O)NC(=O)NC2=O)cn1. The van der Waals surface area contributed by atoms with Gasteiger partial charge in [-0.1, -0.05) is 0 Å². The third-order valence-corrected chi connectivity index (χ3v) is 2.23. The standard InChI is InChI=1S/C10H10N4O3/c1-2-14-5-6(4-11-14)3-7-8(15)12-10(17)13-9(7)16/h3-5H,2H2,1H3,(H2,12,13,15,16,17). The smallest absolute Gasteiger partial charge is 0.273 e. The summed E-state index contributed by atoms with van der Waals surface area (Å²) in [5.74, 6) is -1.41. The van der Waals surface area contributed by atoms with Crippen molar-refractivity contribution < 1.29 is 14.4 Å². The predicted octanol–water partition coefficient (Wildman–Crippen LogP) is -0.348. The van der Waals surface area contributed by atoms with Crippen molar-refractivity contribution in [2.24, 2.45) is 0 Å². The maximum atomic E-state index is 11.4. The average Bonchev–Trinajstić information content (AvgIpc) is 2.71. The highest BCUT2D eigenvalue weighted by atomic mass is 16.2. The zero-order chi connectivity index (χ0) is 12.4. The molecule has 0 aliphatic carbocycles. The van der Waals surface area contributed by atoms with Gasteiger partial charge in [0.25, 0.3) is 11.8 Å². The van der Waals surface area contributed by atoms with Crippen molar-refractivity contribution in [3.8, 4) is 0 Å². The first-order valence-corrected chi connectivity index (χ1v) is 5.01. The van der Waals surface area contributed by atoms with E-state index >= 15 is 0 Å². The first kappa shape index (κ1) is 11.1. The van der Waals surface area contributed by atoms with Gasteiger partial charge in [-0.2, -0.15) is 5.10 Å². The first-order valence-electron chi connectivity index (χ1n) is 5.01. The van der Waals surface area contributed by atoms with E-state index in [1.165, 1.54) is 12.3 Å². The van der Waals surface area contributed by atoms with Gasteiger partial charge in [-0.3, -0.25) is 24.9 Å². The number of amides is 4. The van der Waals surface area contributed by atoms with Crippen LogP contribution in [0.15, 0.2) is 18.0 Å². The molecular formula is C10H10N4O3. The molecule has 0 unspecified atom stereocenters. The Balaban J connectivity index is 2.29. The summed E-state index contributed by atoms with van der Waals surface area (Å²) in [5, 5.41) is 8.00. The number of barbiturate groups is 1. The molecule has 0 saturated carbocycles. The molecule has 0 atom stereocenters. The highest BCUT2D eigenvalue weighted by Crippen LogP contribution is 2.08. The van der Waals surface area contributed by atoms with E-state index in [0.717, 1.165) is 0 Å². The van der Waals surface area contributed by atoms with Crippen LogP contribution in [0.4, 0.5) is 4.79 Å². The van der Waals surface area contributed by atoms with Crippen molar-refractivity contribution in [3.63, 3.8) is 0 Å². The number of rotatable bonds is 2. The van der Waals surface area contributed by atoms with Gasteiger partial charge in [0, 0.05) is 18.3 Å². The third kappa shape index (κ3) is 2.22. The zero-order valence-electron chi connectivity index (χ0n) is 9.06. The third-order valence-electron chi connectivity index (χ3n) is 2.23. The molecule has 1 fully saturated rings. The molecule has 17 heavy (non-hydrogen) atoms. The van der Waals surface area contributed by atoms with Crippen molar-refractivity contribution in [2.75, 3.05) is 0 Å². The topological polar surface area (TPSA) is 93.1 Å². The van der Waals surface area contributed by atoms with Gasteiger partial charge in [-0.05, 0) is 13.0 Å². The Bertz CT molecular complexity index is 507. The summed E-state index contributed by atoms with van der Waals surface area (Å²) in [6.07, 6.45) is 4.62. The fraction of sp³-hybridized carbons (Fsp3) is 0.200. The average molecular weight is 234 g/mol. The molecule has 2 N–H and O–H groups in total. The monoisotopic (exact) mass is 234 g/mol. The van der Waals surface area contributed by atoms with Crippen LogP contribution in [0.2, 0.25) is 0 Å². The second-order valence-electron chi connectivity index (χ2n) is 3.42. The summed E-state index contributed by atoms with van der Waals surface area (Å²) in [5.41, 5.74) is 0.516. The van der Waals surface area contributed by atoms with Gasteiger partial charge >= 0.3 is 6.03 Å². The minimum absolute atomic E-state index is 0.111. The molecule has 0 bridgehead atoms. The van der Waals surface area contributed by atoms with Crippen molar-refractivity contribution in [1.82, 2.24) is 20.4 Å². The fourth-order valence-corrected chi connectivity index (χ4v) is 1.40. The molecule has 2 rings (SSSR count). The fourth-order valence-electron chi connectivity index (χ4n) is 1.40. The van der Waals surface area contributed by atoms with Gasteiger partial charge in [-0.15, -0.1) is 0 Å². The lowest BCUT2D eigenvalue weighted by molar-refractivity contribution is -0.123. The molecule has 0 radical (unpaired) electrons. The number of carbonyl (C=O) groups excluding carboxylic acids is 3. The number of nitrogens with one attached hydrogen (secondary N) is 2. The Morgan fingerprint density at radius 1 is 1.29 bits per heavy atom. The number of urea groups is 1. The van der Waals surface area contributed by atoms with E-state index in [9.17, 15) is 14.4 Å². The van der Waals surface area contributed by atoms with Crippen LogP contribution in [0.25, 0.3) is 6.08 Å². The van der Waals surface area contributed by atoms with Crippen molar-refractivity contribution in [1.29, 1.82) is 0 Å². The molecule has 1 aliphatic heterocycles. The van der Waals surface area contributed by atoms with E-state index in [2.05, 4.69) is 5.10 Å². The zero-order valence-corrected chi connectivity index (χ0v) is 9.06. The Morgan fingerprint density at radius 3 is 2.47 bits per heavy atom. The van der Waals surface area contributed by atoms with Gasteiger partial charge in [0.15, 0.2) is 0 Å². The number of hydrogen-bond acceptors (Lipinski definition) is 4. The Morgan fingerprint density at radius 2 is 1.94 bits per heavy atom. The lowest BCUT2D eigenvalue weighted by atomic mass is 10.1. The number of nitrogens with zero attached hydrogens (tertiary/aromatic N) is 2. The molecule has 1 aromatic heterocycles. The number of aryl methyl sites for hydroxylation is 1. The number of carbonyl (C=O) groups is 3. The van der Waals surface area contributed by atoms with Crippen molar-refractivity contribution in [2.45, 2.75) is 13.5 Å². The van der Waals surface area contributed by atoms with E-state index in [-0.39, 0.29) is 5.57 Å². The molecule has 7 nitrogen and oxygen atoms in total. The molecule has 4 amide bonds. The summed E-state index contributed by atoms with van der Waals surface area (Å²) in [4.78, 5) is 33.6. The predicted molar refractivity (Wildman–Crippen MR) is 57.6 cm³/mol. The minimum Gasteiger partial charge on any atom is -0.273 e. The van der Waals surface area contributed by atoms with Crippen molar-refractivity contribution >= 4 is 23.9 Å². The highest BCUT2D eigenvalue weighted by molar-refractivity contribution is 6.31. The van der Waals surface area contributed by atoms with Crippen LogP contribution in [0.5, 0.6) is 0 Å². The van der Waals surface area contributed by atoms with Gasteiger partial charge in [0.05, 0.1) is 6.20 Å².